The van der Waals surface area contributed by atoms with Crippen LogP contribution in [0.3, 0.4) is 0 Å². The average molecular weight is 229 g/mol. The highest BCUT2D eigenvalue weighted by Crippen LogP contribution is 2.23. The molecule has 1 unspecified atom stereocenters. The first kappa shape index (κ1) is 14.2. The standard InChI is InChI=1S/C9H15F4NO/c1-3-4-5-6(2)14-8(15)9(12,13)7(10)11/h6-7H,3-5H2,1-2H3,(H,14,15). The zero-order valence-corrected chi connectivity index (χ0v) is 8.70. The van der Waals surface area contributed by atoms with E-state index in [0.717, 1.165) is 12.8 Å². The number of hydrogen-bond donors (Lipinski definition) is 1. The number of amides is 1. The predicted molar refractivity (Wildman–Crippen MR) is 48.1 cm³/mol. The van der Waals surface area contributed by atoms with Gasteiger partial charge in [0.15, 0.2) is 0 Å². The number of unbranched alkanes of at least 4 members (excludes halogenated alkanes) is 1. The summed E-state index contributed by atoms with van der Waals surface area (Å²) in [5.41, 5.74) is 0. The molecular weight excluding hydrogens is 214 g/mol. The van der Waals surface area contributed by atoms with Gasteiger partial charge in [-0.1, -0.05) is 19.8 Å². The van der Waals surface area contributed by atoms with E-state index in [2.05, 4.69) is 0 Å². The number of alkyl halides is 4. The lowest BCUT2D eigenvalue weighted by atomic mass is 10.1. The number of halogens is 4. The Labute approximate surface area is 86.0 Å². The van der Waals surface area contributed by atoms with E-state index in [1.54, 1.807) is 0 Å². The molecule has 6 heteroatoms. The van der Waals surface area contributed by atoms with Gasteiger partial charge in [0, 0.05) is 6.04 Å². The van der Waals surface area contributed by atoms with Gasteiger partial charge in [-0.05, 0) is 13.3 Å². The Balaban J connectivity index is 4.12. The minimum absolute atomic E-state index is 0.502. The molecule has 0 aromatic heterocycles. The fourth-order valence-electron chi connectivity index (χ4n) is 1.00. The van der Waals surface area contributed by atoms with Gasteiger partial charge in [0.1, 0.15) is 0 Å². The predicted octanol–water partition coefficient (Wildman–Crippen LogP) is 2.58. The van der Waals surface area contributed by atoms with E-state index in [-0.39, 0.29) is 0 Å². The molecule has 1 N–H and O–H groups in total. The summed E-state index contributed by atoms with van der Waals surface area (Å²) < 4.78 is 48.4. The molecule has 0 aliphatic carbocycles. The van der Waals surface area contributed by atoms with Crippen molar-refractivity contribution < 1.29 is 22.4 Å². The molecule has 0 spiro atoms. The Morgan fingerprint density at radius 1 is 1.40 bits per heavy atom. The normalized spacial score (nSPS) is 14.1. The highest BCUT2D eigenvalue weighted by Gasteiger charge is 2.49. The van der Waals surface area contributed by atoms with E-state index in [4.69, 9.17) is 0 Å². The number of carbonyl (C=O) groups is 1. The van der Waals surface area contributed by atoms with Crippen molar-refractivity contribution in [1.82, 2.24) is 5.32 Å². The number of rotatable bonds is 6. The van der Waals surface area contributed by atoms with Crippen molar-refractivity contribution in [2.24, 2.45) is 0 Å². The van der Waals surface area contributed by atoms with Gasteiger partial charge in [-0.15, -0.1) is 0 Å². The largest absolute Gasteiger partial charge is 0.383 e. The molecule has 1 atom stereocenters. The van der Waals surface area contributed by atoms with Crippen LogP contribution in [-0.4, -0.2) is 24.3 Å². The molecule has 90 valence electrons. The quantitative estimate of drug-likeness (QED) is 0.697. The molecule has 0 rings (SSSR count). The molecule has 0 aliphatic heterocycles. The molecular formula is C9H15F4NO. The van der Waals surface area contributed by atoms with Gasteiger partial charge >= 0.3 is 12.3 Å². The Morgan fingerprint density at radius 2 is 1.93 bits per heavy atom. The summed E-state index contributed by atoms with van der Waals surface area (Å²) in [4.78, 5) is 10.7. The smallest absolute Gasteiger partial charge is 0.348 e. The fourth-order valence-corrected chi connectivity index (χ4v) is 1.00. The summed E-state index contributed by atoms with van der Waals surface area (Å²) >= 11 is 0. The van der Waals surface area contributed by atoms with Gasteiger partial charge < -0.3 is 5.32 Å². The Kier molecular flexibility index (Phi) is 5.60. The third kappa shape index (κ3) is 4.48. The second-order valence-electron chi connectivity index (χ2n) is 3.44. The van der Waals surface area contributed by atoms with Crippen molar-refractivity contribution in [2.75, 3.05) is 0 Å². The van der Waals surface area contributed by atoms with E-state index in [9.17, 15) is 22.4 Å². The molecule has 0 aromatic carbocycles. The van der Waals surface area contributed by atoms with E-state index in [1.165, 1.54) is 6.92 Å². The zero-order valence-electron chi connectivity index (χ0n) is 8.70. The molecule has 0 aliphatic rings. The van der Waals surface area contributed by atoms with Gasteiger partial charge in [0.05, 0.1) is 0 Å². The van der Waals surface area contributed by atoms with Crippen LogP contribution in [0.25, 0.3) is 0 Å². The van der Waals surface area contributed by atoms with Crippen molar-refractivity contribution in [3.05, 3.63) is 0 Å². The fraction of sp³-hybridized carbons (Fsp3) is 0.889. The van der Waals surface area contributed by atoms with Crippen molar-refractivity contribution in [3.8, 4) is 0 Å². The van der Waals surface area contributed by atoms with Crippen LogP contribution in [-0.2, 0) is 4.79 Å². The van der Waals surface area contributed by atoms with Crippen molar-refractivity contribution in [3.63, 3.8) is 0 Å². The van der Waals surface area contributed by atoms with Crippen LogP contribution in [0.4, 0.5) is 17.6 Å². The van der Waals surface area contributed by atoms with Crippen LogP contribution in [0.2, 0.25) is 0 Å². The van der Waals surface area contributed by atoms with Gasteiger partial charge in [-0.25, -0.2) is 8.78 Å². The topological polar surface area (TPSA) is 29.1 Å². The molecule has 0 fully saturated rings. The molecule has 0 saturated carbocycles. The van der Waals surface area contributed by atoms with Gasteiger partial charge in [0.25, 0.3) is 5.91 Å². The lowest BCUT2D eigenvalue weighted by Crippen LogP contribution is -2.48. The lowest BCUT2D eigenvalue weighted by Gasteiger charge is -2.18. The summed E-state index contributed by atoms with van der Waals surface area (Å²) in [7, 11) is 0. The molecule has 0 bridgehead atoms. The molecule has 2 nitrogen and oxygen atoms in total. The highest BCUT2D eigenvalue weighted by molar-refractivity contribution is 5.84. The van der Waals surface area contributed by atoms with Crippen molar-refractivity contribution in [1.29, 1.82) is 0 Å². The van der Waals surface area contributed by atoms with Gasteiger partial charge in [-0.3, -0.25) is 4.79 Å². The lowest BCUT2D eigenvalue weighted by molar-refractivity contribution is -0.170. The third-order valence-electron chi connectivity index (χ3n) is 1.94. The summed E-state index contributed by atoms with van der Waals surface area (Å²) in [6.45, 7) is 3.41. The highest BCUT2D eigenvalue weighted by atomic mass is 19.3. The minimum atomic E-state index is -4.60. The van der Waals surface area contributed by atoms with E-state index < -0.39 is 24.3 Å². The van der Waals surface area contributed by atoms with E-state index in [1.807, 2.05) is 12.2 Å². The van der Waals surface area contributed by atoms with Crippen LogP contribution in [0.5, 0.6) is 0 Å². The third-order valence-corrected chi connectivity index (χ3v) is 1.94. The Hall–Kier alpha value is -0.810. The Morgan fingerprint density at radius 3 is 2.33 bits per heavy atom. The number of nitrogens with one attached hydrogen (secondary N) is 1. The first-order valence-corrected chi connectivity index (χ1v) is 4.79. The summed E-state index contributed by atoms with van der Waals surface area (Å²) in [6, 6.07) is -0.512. The zero-order chi connectivity index (χ0) is 12.1. The van der Waals surface area contributed by atoms with Crippen molar-refractivity contribution in [2.45, 2.75) is 51.5 Å². The van der Waals surface area contributed by atoms with E-state index in [0.29, 0.717) is 6.42 Å². The van der Waals surface area contributed by atoms with E-state index >= 15 is 0 Å². The van der Waals surface area contributed by atoms with Gasteiger partial charge in [0.2, 0.25) is 0 Å². The summed E-state index contributed by atoms with van der Waals surface area (Å²) in [5.74, 6) is -6.50. The molecule has 1 amide bonds. The molecule has 0 radical (unpaired) electrons. The second kappa shape index (κ2) is 5.92. The molecule has 0 saturated heterocycles. The average Bonchev–Trinajstić information content (AvgIpc) is 2.14. The van der Waals surface area contributed by atoms with Crippen LogP contribution >= 0.6 is 0 Å². The first-order chi connectivity index (χ1) is 6.82. The maximum Gasteiger partial charge on any atom is 0.383 e. The molecule has 0 aromatic rings. The van der Waals surface area contributed by atoms with Crippen LogP contribution < -0.4 is 5.32 Å². The van der Waals surface area contributed by atoms with Crippen molar-refractivity contribution >= 4 is 5.91 Å². The summed E-state index contributed by atoms with van der Waals surface area (Å²) in [5, 5.41) is 1.87. The SMILES string of the molecule is CCCCC(C)NC(=O)C(F)(F)C(F)F. The molecule has 15 heavy (non-hydrogen) atoms. The number of carbonyl (C=O) groups excluding carboxylic acids is 1. The minimum Gasteiger partial charge on any atom is -0.348 e. The summed E-state index contributed by atoms with van der Waals surface area (Å²) in [6.07, 6.45) is -1.86. The van der Waals surface area contributed by atoms with Crippen LogP contribution in [0, 0.1) is 0 Å². The second-order valence-corrected chi connectivity index (χ2v) is 3.44. The maximum absolute atomic E-state index is 12.5. The monoisotopic (exact) mass is 229 g/mol. The first-order valence-electron chi connectivity index (χ1n) is 4.79. The maximum atomic E-state index is 12.5. The Bertz CT molecular complexity index is 208. The molecule has 0 heterocycles. The number of hydrogen-bond acceptors (Lipinski definition) is 1. The van der Waals surface area contributed by atoms with Crippen LogP contribution in [0.1, 0.15) is 33.1 Å². The van der Waals surface area contributed by atoms with Gasteiger partial charge in [-0.2, -0.15) is 8.78 Å². The van der Waals surface area contributed by atoms with Crippen LogP contribution in [0.15, 0.2) is 0 Å².